The minimum absolute atomic E-state index is 0.181. The highest BCUT2D eigenvalue weighted by Gasteiger charge is 2.30. The van der Waals surface area contributed by atoms with Crippen LogP contribution in [-0.4, -0.2) is 40.7 Å². The first-order chi connectivity index (χ1) is 16.6. The van der Waals surface area contributed by atoms with Crippen LogP contribution in [0.4, 0.5) is 16.3 Å². The molecule has 4 rings (SSSR count). The molecule has 2 heterocycles. The topological polar surface area (TPSA) is 128 Å². The molecule has 0 spiro atoms. The zero-order chi connectivity index (χ0) is 25.3. The minimum Gasteiger partial charge on any atom is -0.441 e. The lowest BCUT2D eigenvalue weighted by molar-refractivity contribution is 0.120. The van der Waals surface area contributed by atoms with Crippen molar-refractivity contribution in [1.82, 2.24) is 20.0 Å². The molecule has 1 aliphatic rings. The number of carbonyl (C=O) groups is 1. The highest BCUT2D eigenvalue weighted by Crippen LogP contribution is 2.43. The molecule has 2 N–H and O–H groups in total. The second-order valence-electron chi connectivity index (χ2n) is 8.85. The van der Waals surface area contributed by atoms with Crippen molar-refractivity contribution in [2.45, 2.75) is 52.1 Å². The van der Waals surface area contributed by atoms with E-state index in [0.29, 0.717) is 28.6 Å². The molecule has 1 aromatic carbocycles. The molecule has 3 aromatic rings. The van der Waals surface area contributed by atoms with E-state index in [-0.39, 0.29) is 5.92 Å². The first-order valence-electron chi connectivity index (χ1n) is 11.5. The van der Waals surface area contributed by atoms with Crippen molar-refractivity contribution >= 4 is 27.6 Å². The summed E-state index contributed by atoms with van der Waals surface area (Å²) in [7, 11) is -1.78. The maximum Gasteiger partial charge on any atom is 0.413 e. The van der Waals surface area contributed by atoms with E-state index in [4.69, 9.17) is 4.74 Å². The van der Waals surface area contributed by atoms with Gasteiger partial charge < -0.3 is 4.74 Å². The smallest absolute Gasteiger partial charge is 0.413 e. The molecule has 10 nitrogen and oxygen atoms in total. The van der Waals surface area contributed by atoms with Gasteiger partial charge in [-0.25, -0.2) is 22.9 Å². The first-order valence-corrected chi connectivity index (χ1v) is 13.4. The summed E-state index contributed by atoms with van der Waals surface area (Å²) in [4.78, 5) is 17.5. The quantitative estimate of drug-likeness (QED) is 0.474. The van der Waals surface area contributed by atoms with Gasteiger partial charge in [-0.3, -0.25) is 10.0 Å². The predicted octanol–water partition coefficient (Wildman–Crippen LogP) is 4.31. The van der Waals surface area contributed by atoms with E-state index in [9.17, 15) is 13.2 Å². The van der Waals surface area contributed by atoms with Crippen LogP contribution in [0.3, 0.4) is 0 Å². The Bertz CT molecular complexity index is 1360. The van der Waals surface area contributed by atoms with Crippen LogP contribution in [-0.2, 0) is 28.2 Å². The number of sulfonamides is 1. The molecule has 2 aromatic heterocycles. The number of amides is 1. The molecule has 1 fully saturated rings. The average molecular weight is 499 g/mol. The Morgan fingerprint density at radius 2 is 2.00 bits per heavy atom. The lowest BCUT2D eigenvalue weighted by atomic mass is 9.98. The number of rotatable bonds is 8. The fourth-order valence-electron chi connectivity index (χ4n) is 4.11. The van der Waals surface area contributed by atoms with Gasteiger partial charge in [-0.15, -0.1) is 5.10 Å². The molecule has 11 heteroatoms. The number of pyridine rings is 1. The zero-order valence-electron chi connectivity index (χ0n) is 20.5. The molecular weight excluding hydrogens is 468 g/mol. The maximum atomic E-state index is 12.8. The van der Waals surface area contributed by atoms with E-state index in [1.807, 2.05) is 26.0 Å². The van der Waals surface area contributed by atoms with Crippen molar-refractivity contribution in [3.05, 3.63) is 52.7 Å². The highest BCUT2D eigenvalue weighted by molar-refractivity contribution is 7.92. The summed E-state index contributed by atoms with van der Waals surface area (Å²) in [6.45, 7) is 5.95. The summed E-state index contributed by atoms with van der Waals surface area (Å²) in [5.74, 6) is 0.513. The van der Waals surface area contributed by atoms with Gasteiger partial charge in [-0.05, 0) is 61.9 Å². The molecule has 1 aliphatic carbocycles. The van der Waals surface area contributed by atoms with Crippen molar-refractivity contribution in [3.63, 3.8) is 0 Å². The number of nitrogens with one attached hydrogen (secondary N) is 2. The van der Waals surface area contributed by atoms with E-state index in [0.717, 1.165) is 36.6 Å². The number of anilines is 2. The van der Waals surface area contributed by atoms with Gasteiger partial charge >= 0.3 is 6.09 Å². The fraction of sp³-hybridized carbons (Fsp3) is 0.417. The van der Waals surface area contributed by atoms with Crippen LogP contribution in [0.2, 0.25) is 0 Å². The normalized spacial score (nSPS) is 14.4. The summed E-state index contributed by atoms with van der Waals surface area (Å²) in [6, 6.07) is 9.31. The summed E-state index contributed by atoms with van der Waals surface area (Å²) in [5.41, 5.74) is 5.23. The minimum atomic E-state index is -3.44. The lowest BCUT2D eigenvalue weighted by Crippen LogP contribution is -2.19. The molecule has 1 amide bonds. The zero-order valence-corrected chi connectivity index (χ0v) is 21.3. The second-order valence-corrected chi connectivity index (χ2v) is 10.6. The molecule has 35 heavy (non-hydrogen) atoms. The Balaban J connectivity index is 1.56. The van der Waals surface area contributed by atoms with Crippen molar-refractivity contribution in [2.75, 3.05) is 16.3 Å². The molecule has 0 radical (unpaired) electrons. The highest BCUT2D eigenvalue weighted by atomic mass is 32.2. The predicted molar refractivity (Wildman–Crippen MR) is 134 cm³/mol. The summed E-state index contributed by atoms with van der Waals surface area (Å²) >= 11 is 0. The van der Waals surface area contributed by atoms with Gasteiger partial charge in [0.15, 0.2) is 11.5 Å². The first kappa shape index (κ1) is 24.6. The van der Waals surface area contributed by atoms with E-state index in [2.05, 4.69) is 38.3 Å². The standard InChI is InChI=1S/C24H30N6O4S/c1-6-16-8-7-9-18(14(16)2)15(3)34-24(31)26-23-22(27-29-30(23)4)19-12-13-20(28-35(5,32)33)21(25-19)17-10-11-17/h7-9,12-13,15,17,28H,6,10-11H2,1-5H3,(H,26,31)/t15-/m1/s1. The molecule has 0 saturated heterocycles. The number of nitrogens with zero attached hydrogens (tertiary/aromatic N) is 4. The Kier molecular flexibility index (Phi) is 6.79. The Labute approximate surface area is 205 Å². The van der Waals surface area contributed by atoms with Crippen LogP contribution in [0, 0.1) is 6.92 Å². The molecule has 0 aliphatic heterocycles. The lowest BCUT2D eigenvalue weighted by Gasteiger charge is -2.18. The van der Waals surface area contributed by atoms with Crippen LogP contribution in [0.1, 0.15) is 61.1 Å². The van der Waals surface area contributed by atoms with E-state index < -0.39 is 22.2 Å². The maximum absolute atomic E-state index is 12.8. The summed E-state index contributed by atoms with van der Waals surface area (Å²) in [6.07, 6.45) is 2.79. The van der Waals surface area contributed by atoms with Gasteiger partial charge in [0.25, 0.3) is 0 Å². The number of aromatic nitrogens is 4. The van der Waals surface area contributed by atoms with Crippen molar-refractivity contribution < 1.29 is 17.9 Å². The third-order valence-corrected chi connectivity index (χ3v) is 6.66. The average Bonchev–Trinajstić information content (AvgIpc) is 3.57. The van der Waals surface area contributed by atoms with Gasteiger partial charge in [0, 0.05) is 13.0 Å². The fourth-order valence-corrected chi connectivity index (χ4v) is 4.68. The van der Waals surface area contributed by atoms with Gasteiger partial charge in [0.1, 0.15) is 6.10 Å². The van der Waals surface area contributed by atoms with Gasteiger partial charge in [0.05, 0.1) is 23.3 Å². The summed E-state index contributed by atoms with van der Waals surface area (Å²) < 4.78 is 33.1. The molecule has 0 bridgehead atoms. The number of benzene rings is 1. The molecule has 186 valence electrons. The van der Waals surface area contributed by atoms with Gasteiger partial charge in [-0.2, -0.15) is 0 Å². The Morgan fingerprint density at radius 1 is 1.26 bits per heavy atom. The van der Waals surface area contributed by atoms with Gasteiger partial charge in [0.2, 0.25) is 10.0 Å². The Morgan fingerprint density at radius 3 is 2.66 bits per heavy atom. The third kappa shape index (κ3) is 5.61. The van der Waals surface area contributed by atoms with Crippen LogP contribution in [0.15, 0.2) is 30.3 Å². The number of aryl methyl sites for hydroxylation is 2. The summed E-state index contributed by atoms with van der Waals surface area (Å²) in [5, 5.41) is 11.0. The molecule has 0 unspecified atom stereocenters. The number of carbonyl (C=O) groups excluding carboxylic acids is 1. The molecule has 1 atom stereocenters. The van der Waals surface area contributed by atoms with E-state index in [1.54, 1.807) is 19.2 Å². The Hall–Kier alpha value is -3.47. The van der Waals surface area contributed by atoms with Crippen LogP contribution >= 0.6 is 0 Å². The van der Waals surface area contributed by atoms with E-state index in [1.165, 1.54) is 10.2 Å². The van der Waals surface area contributed by atoms with Crippen LogP contribution < -0.4 is 10.0 Å². The van der Waals surface area contributed by atoms with Crippen molar-refractivity contribution in [2.24, 2.45) is 7.05 Å². The number of hydrogen-bond acceptors (Lipinski definition) is 7. The third-order valence-electron chi connectivity index (χ3n) is 6.06. The number of hydrogen-bond donors (Lipinski definition) is 2. The van der Waals surface area contributed by atoms with Crippen LogP contribution in [0.5, 0.6) is 0 Å². The van der Waals surface area contributed by atoms with Crippen molar-refractivity contribution in [1.29, 1.82) is 0 Å². The van der Waals surface area contributed by atoms with Gasteiger partial charge in [-0.1, -0.05) is 30.3 Å². The monoisotopic (exact) mass is 498 g/mol. The molecular formula is C24H30N6O4S. The van der Waals surface area contributed by atoms with Crippen molar-refractivity contribution in [3.8, 4) is 11.4 Å². The van der Waals surface area contributed by atoms with E-state index >= 15 is 0 Å². The molecule has 1 saturated carbocycles. The SMILES string of the molecule is CCc1cccc([C@@H](C)OC(=O)Nc2c(-c3ccc(NS(C)(=O)=O)c(C4CC4)n3)nnn2C)c1C. The number of ether oxygens (including phenoxy) is 1. The largest absolute Gasteiger partial charge is 0.441 e. The second kappa shape index (κ2) is 9.65. The van der Waals surface area contributed by atoms with Crippen LogP contribution in [0.25, 0.3) is 11.4 Å².